The highest BCUT2D eigenvalue weighted by atomic mass is 16.1. The Morgan fingerprint density at radius 3 is 2.73 bits per heavy atom. The number of pyridine rings is 1. The topological polar surface area (TPSA) is 76.8 Å². The van der Waals surface area contributed by atoms with Crippen molar-refractivity contribution in [2.24, 2.45) is 5.92 Å². The number of hydrogen-bond acceptors (Lipinski definition) is 6. The van der Waals surface area contributed by atoms with Crippen molar-refractivity contribution in [1.82, 2.24) is 24.5 Å². The van der Waals surface area contributed by atoms with Crippen LogP contribution in [0.5, 0.6) is 0 Å². The molecule has 3 aromatic heterocycles. The lowest BCUT2D eigenvalue weighted by atomic mass is 9.96. The van der Waals surface area contributed by atoms with E-state index in [1.54, 1.807) is 29.5 Å². The summed E-state index contributed by atoms with van der Waals surface area (Å²) in [6, 6.07) is 1.98. The molecule has 1 saturated heterocycles. The lowest BCUT2D eigenvalue weighted by Gasteiger charge is -2.33. The minimum absolute atomic E-state index is 0.0624. The van der Waals surface area contributed by atoms with Crippen LogP contribution in [0.2, 0.25) is 0 Å². The predicted molar refractivity (Wildman–Crippen MR) is 100 cm³/mol. The smallest absolute Gasteiger partial charge is 0.256 e. The third kappa shape index (κ3) is 3.16. The van der Waals surface area contributed by atoms with Gasteiger partial charge in [0.1, 0.15) is 11.6 Å². The van der Waals surface area contributed by atoms with Crippen LogP contribution in [0.15, 0.2) is 35.8 Å². The van der Waals surface area contributed by atoms with Crippen LogP contribution in [0.25, 0.3) is 10.9 Å². The molecule has 4 rings (SSSR count). The number of anilines is 1. The van der Waals surface area contributed by atoms with Gasteiger partial charge in [0, 0.05) is 43.0 Å². The van der Waals surface area contributed by atoms with E-state index in [9.17, 15) is 4.79 Å². The van der Waals surface area contributed by atoms with Gasteiger partial charge in [-0.3, -0.25) is 14.3 Å². The molecule has 0 aromatic carbocycles. The molecule has 0 atom stereocenters. The van der Waals surface area contributed by atoms with Crippen molar-refractivity contribution >= 4 is 16.7 Å². The van der Waals surface area contributed by atoms with Crippen LogP contribution in [0.3, 0.4) is 0 Å². The van der Waals surface area contributed by atoms with Crippen molar-refractivity contribution in [1.29, 1.82) is 0 Å². The Labute approximate surface area is 151 Å². The highest BCUT2D eigenvalue weighted by Crippen LogP contribution is 2.28. The van der Waals surface area contributed by atoms with Gasteiger partial charge in [-0.05, 0) is 38.7 Å². The molecule has 0 unspecified atom stereocenters. The van der Waals surface area contributed by atoms with Crippen molar-refractivity contribution in [2.45, 2.75) is 33.2 Å². The third-order valence-electron chi connectivity index (χ3n) is 5.03. The SMILES string of the molecule is Cc1nc(N2CCC(Cn3cncc(C)c3=O)CC2)c2ccncc2n1. The first-order chi connectivity index (χ1) is 12.6. The number of aryl methyl sites for hydroxylation is 2. The number of fused-ring (bicyclic) bond motifs is 1. The summed E-state index contributed by atoms with van der Waals surface area (Å²) < 4.78 is 1.74. The Hall–Kier alpha value is -2.83. The van der Waals surface area contributed by atoms with Gasteiger partial charge >= 0.3 is 0 Å². The number of hydrogen-bond donors (Lipinski definition) is 0. The molecule has 7 nitrogen and oxygen atoms in total. The largest absolute Gasteiger partial charge is 0.356 e. The van der Waals surface area contributed by atoms with Gasteiger partial charge in [0.15, 0.2) is 0 Å². The lowest BCUT2D eigenvalue weighted by molar-refractivity contribution is 0.350. The van der Waals surface area contributed by atoms with E-state index in [1.807, 2.05) is 19.9 Å². The summed E-state index contributed by atoms with van der Waals surface area (Å²) in [7, 11) is 0. The summed E-state index contributed by atoms with van der Waals surface area (Å²) in [5, 5.41) is 1.04. The van der Waals surface area contributed by atoms with Crippen LogP contribution in [-0.4, -0.2) is 37.6 Å². The van der Waals surface area contributed by atoms with Crippen LogP contribution in [0.1, 0.15) is 24.2 Å². The minimum atomic E-state index is 0.0624. The predicted octanol–water partition coefficient (Wildman–Crippen LogP) is 2.11. The normalized spacial score (nSPS) is 15.5. The van der Waals surface area contributed by atoms with Gasteiger partial charge in [-0.25, -0.2) is 15.0 Å². The molecule has 3 aromatic rings. The van der Waals surface area contributed by atoms with Gasteiger partial charge in [0.25, 0.3) is 5.56 Å². The number of nitrogens with zero attached hydrogens (tertiary/aromatic N) is 6. The zero-order valence-electron chi connectivity index (χ0n) is 15.1. The van der Waals surface area contributed by atoms with Crippen LogP contribution < -0.4 is 10.5 Å². The van der Waals surface area contributed by atoms with E-state index in [2.05, 4.69) is 24.8 Å². The molecule has 0 bridgehead atoms. The summed E-state index contributed by atoms with van der Waals surface area (Å²) in [4.78, 5) is 32.0. The summed E-state index contributed by atoms with van der Waals surface area (Å²) in [6.07, 6.45) is 8.90. The second kappa shape index (κ2) is 6.82. The second-order valence-corrected chi connectivity index (χ2v) is 6.95. The first-order valence-electron chi connectivity index (χ1n) is 8.96. The Morgan fingerprint density at radius 2 is 1.92 bits per heavy atom. The first kappa shape index (κ1) is 16.6. The van der Waals surface area contributed by atoms with Crippen molar-refractivity contribution in [3.63, 3.8) is 0 Å². The third-order valence-corrected chi connectivity index (χ3v) is 5.03. The highest BCUT2D eigenvalue weighted by Gasteiger charge is 2.22. The van der Waals surface area contributed by atoms with E-state index in [-0.39, 0.29) is 5.56 Å². The van der Waals surface area contributed by atoms with Crippen LogP contribution in [-0.2, 0) is 6.54 Å². The quantitative estimate of drug-likeness (QED) is 0.720. The molecule has 1 fully saturated rings. The molecule has 1 aliphatic rings. The summed E-state index contributed by atoms with van der Waals surface area (Å²) in [5.74, 6) is 2.23. The molecular weight excluding hydrogens is 328 g/mol. The Bertz CT molecular complexity index is 991. The van der Waals surface area contributed by atoms with Crippen molar-refractivity contribution in [2.75, 3.05) is 18.0 Å². The van der Waals surface area contributed by atoms with E-state index in [0.29, 0.717) is 11.5 Å². The number of rotatable bonds is 3. The molecule has 1 aliphatic heterocycles. The second-order valence-electron chi connectivity index (χ2n) is 6.95. The molecule has 26 heavy (non-hydrogen) atoms. The molecule has 7 heteroatoms. The molecule has 0 amide bonds. The molecule has 0 spiro atoms. The van der Waals surface area contributed by atoms with Gasteiger partial charge in [-0.1, -0.05) is 0 Å². The van der Waals surface area contributed by atoms with Gasteiger partial charge in [-0.2, -0.15) is 0 Å². The van der Waals surface area contributed by atoms with Gasteiger partial charge < -0.3 is 4.90 Å². The van der Waals surface area contributed by atoms with Crippen molar-refractivity contribution < 1.29 is 0 Å². The van der Waals surface area contributed by atoms with Gasteiger partial charge in [-0.15, -0.1) is 0 Å². The van der Waals surface area contributed by atoms with Gasteiger partial charge in [0.05, 0.1) is 18.0 Å². The maximum absolute atomic E-state index is 12.2. The van der Waals surface area contributed by atoms with E-state index in [1.165, 1.54) is 0 Å². The van der Waals surface area contributed by atoms with Crippen LogP contribution in [0, 0.1) is 19.8 Å². The molecule has 0 radical (unpaired) electrons. The van der Waals surface area contributed by atoms with E-state index in [4.69, 9.17) is 0 Å². The summed E-state index contributed by atoms with van der Waals surface area (Å²) in [6.45, 7) is 6.31. The van der Waals surface area contributed by atoms with Crippen LogP contribution >= 0.6 is 0 Å². The fourth-order valence-electron chi connectivity index (χ4n) is 3.61. The fourth-order valence-corrected chi connectivity index (χ4v) is 3.61. The fraction of sp³-hybridized carbons (Fsp3) is 0.421. The molecule has 0 aliphatic carbocycles. The standard InChI is InChI=1S/C19H22N6O/c1-13-9-21-12-25(19(13)26)11-15-4-7-24(8-5-15)18-16-3-6-20-10-17(16)22-14(2)23-18/h3,6,9-10,12,15H,4-5,7-8,11H2,1-2H3. The molecule has 134 valence electrons. The molecule has 0 saturated carbocycles. The summed E-state index contributed by atoms with van der Waals surface area (Å²) in [5.41, 5.74) is 1.64. The zero-order valence-corrected chi connectivity index (χ0v) is 15.1. The minimum Gasteiger partial charge on any atom is -0.356 e. The molecule has 0 N–H and O–H groups in total. The van der Waals surface area contributed by atoms with E-state index < -0.39 is 0 Å². The van der Waals surface area contributed by atoms with Crippen LogP contribution in [0.4, 0.5) is 5.82 Å². The Kier molecular flexibility index (Phi) is 4.36. The number of piperidine rings is 1. The molecular formula is C19H22N6O. The highest BCUT2D eigenvalue weighted by molar-refractivity contribution is 5.88. The average molecular weight is 350 g/mol. The van der Waals surface area contributed by atoms with Crippen molar-refractivity contribution in [3.05, 3.63) is 52.7 Å². The first-order valence-corrected chi connectivity index (χ1v) is 8.96. The Balaban J connectivity index is 1.51. The Morgan fingerprint density at radius 1 is 1.12 bits per heavy atom. The summed E-state index contributed by atoms with van der Waals surface area (Å²) >= 11 is 0. The zero-order chi connectivity index (χ0) is 18.1. The number of aromatic nitrogens is 5. The molecule has 4 heterocycles. The monoisotopic (exact) mass is 350 g/mol. The van der Waals surface area contributed by atoms with Crippen molar-refractivity contribution in [3.8, 4) is 0 Å². The van der Waals surface area contributed by atoms with Gasteiger partial charge in [0.2, 0.25) is 0 Å². The van der Waals surface area contributed by atoms with E-state index >= 15 is 0 Å². The maximum atomic E-state index is 12.2. The maximum Gasteiger partial charge on any atom is 0.256 e. The van der Waals surface area contributed by atoms with E-state index in [0.717, 1.165) is 55.0 Å². The lowest BCUT2D eigenvalue weighted by Crippen LogP contribution is -2.37. The average Bonchev–Trinajstić information content (AvgIpc) is 2.65.